The highest BCUT2D eigenvalue weighted by Gasteiger charge is 2.19. The van der Waals surface area contributed by atoms with Gasteiger partial charge in [0.1, 0.15) is 10.6 Å². The second-order valence-electron chi connectivity index (χ2n) is 5.36. The van der Waals surface area contributed by atoms with Crippen molar-refractivity contribution >= 4 is 38.2 Å². The number of aromatic hydroxyl groups is 1. The number of phenols is 1. The Balaban J connectivity index is 2.15. The van der Waals surface area contributed by atoms with E-state index in [4.69, 9.17) is 5.73 Å². The van der Waals surface area contributed by atoms with Gasteiger partial charge in [-0.15, -0.1) is 0 Å². The second-order valence-corrected chi connectivity index (χ2v) is 6.75. The molecule has 0 fully saturated rings. The maximum absolute atomic E-state index is 12.4. The molecule has 0 spiro atoms. The van der Waals surface area contributed by atoms with E-state index in [-0.39, 0.29) is 22.2 Å². The molecule has 0 unspecified atom stereocenters. The molecule has 8 heteroatoms. The zero-order chi connectivity index (χ0) is 18.2. The van der Waals surface area contributed by atoms with Gasteiger partial charge in [-0.2, -0.15) is 8.42 Å². The van der Waals surface area contributed by atoms with Gasteiger partial charge in [0.2, 0.25) is 0 Å². The molecule has 7 nitrogen and oxygen atoms in total. The largest absolute Gasteiger partial charge is 0.507 e. The molecule has 0 saturated carbocycles. The number of nitrogens with one attached hydrogen (secondary N) is 1. The monoisotopic (exact) mass is 358 g/mol. The van der Waals surface area contributed by atoms with E-state index in [2.05, 4.69) is 5.32 Å². The topological polar surface area (TPSA) is 130 Å². The number of nitrogen functional groups attached to an aromatic ring is 1. The van der Waals surface area contributed by atoms with Crippen molar-refractivity contribution in [1.29, 1.82) is 0 Å². The minimum atomic E-state index is -4.55. The van der Waals surface area contributed by atoms with Crippen molar-refractivity contribution < 1.29 is 22.9 Å². The molecule has 0 aromatic heterocycles. The summed E-state index contributed by atoms with van der Waals surface area (Å²) in [4.78, 5) is 12.0. The predicted octanol–water partition coefficient (Wildman–Crippen LogP) is 2.63. The summed E-state index contributed by atoms with van der Waals surface area (Å²) in [6.07, 6.45) is 0. The number of carbonyl (C=O) groups is 1. The van der Waals surface area contributed by atoms with Gasteiger partial charge in [-0.25, -0.2) is 0 Å². The summed E-state index contributed by atoms with van der Waals surface area (Å²) < 4.78 is 32.7. The van der Waals surface area contributed by atoms with Crippen molar-refractivity contribution in [2.45, 2.75) is 4.90 Å². The standard InChI is InChI=1S/C17H14N2O5S/c18-11-6-4-10(5-7-11)17(21)19-13-8-9-14(20)12-2-1-3-15(16(12)13)25(22,23)24/h1-9,20H,18H2,(H,19,21)(H,22,23,24). The normalized spacial score (nSPS) is 11.4. The van der Waals surface area contributed by atoms with Gasteiger partial charge in [-0.1, -0.05) is 12.1 Å². The van der Waals surface area contributed by atoms with Gasteiger partial charge in [-0.05, 0) is 42.5 Å². The SMILES string of the molecule is Nc1ccc(C(=O)Nc2ccc(O)c3cccc(S(=O)(=O)O)c23)cc1. The quantitative estimate of drug-likeness (QED) is 0.323. The lowest BCUT2D eigenvalue weighted by Gasteiger charge is -2.12. The van der Waals surface area contributed by atoms with E-state index in [1.807, 2.05) is 0 Å². The number of amides is 1. The van der Waals surface area contributed by atoms with Crippen LogP contribution >= 0.6 is 0 Å². The Bertz CT molecular complexity index is 1080. The molecule has 0 radical (unpaired) electrons. The number of benzene rings is 3. The van der Waals surface area contributed by atoms with Crippen LogP contribution < -0.4 is 11.1 Å². The molecule has 0 aliphatic rings. The maximum Gasteiger partial charge on any atom is 0.295 e. The molecule has 3 aromatic rings. The van der Waals surface area contributed by atoms with Gasteiger partial charge >= 0.3 is 0 Å². The van der Waals surface area contributed by atoms with E-state index < -0.39 is 20.9 Å². The Hall–Kier alpha value is -3.10. The van der Waals surface area contributed by atoms with Crippen LogP contribution in [0.4, 0.5) is 11.4 Å². The van der Waals surface area contributed by atoms with E-state index in [1.54, 1.807) is 12.1 Å². The van der Waals surface area contributed by atoms with Crippen molar-refractivity contribution in [3.63, 3.8) is 0 Å². The highest BCUT2D eigenvalue weighted by Crippen LogP contribution is 2.35. The van der Waals surface area contributed by atoms with Crippen LogP contribution in [-0.4, -0.2) is 24.0 Å². The van der Waals surface area contributed by atoms with Crippen LogP contribution in [0.1, 0.15) is 10.4 Å². The summed E-state index contributed by atoms with van der Waals surface area (Å²) in [7, 11) is -4.55. The fraction of sp³-hybridized carbons (Fsp3) is 0. The summed E-state index contributed by atoms with van der Waals surface area (Å²) >= 11 is 0. The zero-order valence-electron chi connectivity index (χ0n) is 12.8. The Morgan fingerprint density at radius 3 is 2.32 bits per heavy atom. The molecule has 0 bridgehead atoms. The van der Waals surface area contributed by atoms with Gasteiger partial charge in [0, 0.05) is 22.0 Å². The minimum Gasteiger partial charge on any atom is -0.507 e. The van der Waals surface area contributed by atoms with Crippen molar-refractivity contribution in [2.24, 2.45) is 0 Å². The predicted molar refractivity (Wildman–Crippen MR) is 94.2 cm³/mol. The third-order valence-electron chi connectivity index (χ3n) is 3.68. The molecule has 0 saturated heterocycles. The number of anilines is 2. The van der Waals surface area contributed by atoms with E-state index >= 15 is 0 Å². The lowest BCUT2D eigenvalue weighted by atomic mass is 10.1. The minimum absolute atomic E-state index is 0.0220. The first-order valence-corrected chi connectivity index (χ1v) is 8.60. The summed E-state index contributed by atoms with van der Waals surface area (Å²) in [5, 5.41) is 12.8. The molecule has 25 heavy (non-hydrogen) atoms. The second kappa shape index (κ2) is 6.08. The number of rotatable bonds is 3. The van der Waals surface area contributed by atoms with E-state index in [1.165, 1.54) is 42.5 Å². The van der Waals surface area contributed by atoms with Crippen LogP contribution in [0.5, 0.6) is 5.75 Å². The first kappa shape index (κ1) is 16.7. The maximum atomic E-state index is 12.4. The van der Waals surface area contributed by atoms with Crippen LogP contribution in [0.15, 0.2) is 59.5 Å². The number of phenolic OH excluding ortho intramolecular Hbond substituents is 1. The molecule has 3 aromatic carbocycles. The third-order valence-corrected chi connectivity index (χ3v) is 4.57. The van der Waals surface area contributed by atoms with Crippen LogP contribution in [0.2, 0.25) is 0 Å². The number of nitrogens with two attached hydrogens (primary N) is 1. The molecule has 0 atom stereocenters. The van der Waals surface area contributed by atoms with Crippen LogP contribution in [0.3, 0.4) is 0 Å². The molecule has 0 heterocycles. The van der Waals surface area contributed by atoms with Gasteiger partial charge in [0.25, 0.3) is 16.0 Å². The fourth-order valence-electron chi connectivity index (χ4n) is 2.51. The van der Waals surface area contributed by atoms with Crippen LogP contribution in [0.25, 0.3) is 10.8 Å². The Morgan fingerprint density at radius 1 is 1.00 bits per heavy atom. The highest BCUT2D eigenvalue weighted by molar-refractivity contribution is 7.86. The Labute approximate surface area is 143 Å². The van der Waals surface area contributed by atoms with Gasteiger partial charge in [0.05, 0.1) is 5.69 Å². The summed E-state index contributed by atoms with van der Waals surface area (Å²) in [6.45, 7) is 0. The number of carbonyl (C=O) groups excluding carboxylic acids is 1. The molecular formula is C17H14N2O5S. The summed E-state index contributed by atoms with van der Waals surface area (Å²) in [5.74, 6) is -0.664. The smallest absolute Gasteiger partial charge is 0.295 e. The number of hydrogen-bond acceptors (Lipinski definition) is 5. The van der Waals surface area contributed by atoms with E-state index in [9.17, 15) is 22.9 Å². The van der Waals surface area contributed by atoms with E-state index in [0.717, 1.165) is 0 Å². The lowest BCUT2D eigenvalue weighted by Crippen LogP contribution is -2.13. The van der Waals surface area contributed by atoms with Crippen molar-refractivity contribution in [1.82, 2.24) is 0 Å². The number of hydrogen-bond donors (Lipinski definition) is 4. The summed E-state index contributed by atoms with van der Waals surface area (Å²) in [6, 6.07) is 12.9. The first-order valence-electron chi connectivity index (χ1n) is 7.16. The average Bonchev–Trinajstić information content (AvgIpc) is 2.56. The van der Waals surface area contributed by atoms with Crippen LogP contribution in [0, 0.1) is 0 Å². The molecule has 1 amide bonds. The highest BCUT2D eigenvalue weighted by atomic mass is 32.2. The van der Waals surface area contributed by atoms with E-state index in [0.29, 0.717) is 11.3 Å². The zero-order valence-corrected chi connectivity index (χ0v) is 13.6. The molecule has 5 N–H and O–H groups in total. The average molecular weight is 358 g/mol. The van der Waals surface area contributed by atoms with Gasteiger partial charge in [-0.3, -0.25) is 9.35 Å². The molecule has 0 aliphatic carbocycles. The Kier molecular flexibility index (Phi) is 4.07. The van der Waals surface area contributed by atoms with Gasteiger partial charge < -0.3 is 16.2 Å². The van der Waals surface area contributed by atoms with Crippen molar-refractivity contribution in [2.75, 3.05) is 11.1 Å². The molecule has 128 valence electrons. The number of fused-ring (bicyclic) bond motifs is 1. The third kappa shape index (κ3) is 3.25. The van der Waals surface area contributed by atoms with Crippen molar-refractivity contribution in [3.8, 4) is 5.75 Å². The Morgan fingerprint density at radius 2 is 1.68 bits per heavy atom. The summed E-state index contributed by atoms with van der Waals surface area (Å²) in [5.41, 5.74) is 6.55. The molecule has 3 rings (SSSR count). The van der Waals surface area contributed by atoms with Gasteiger partial charge in [0.15, 0.2) is 0 Å². The molecule has 0 aliphatic heterocycles. The van der Waals surface area contributed by atoms with Crippen molar-refractivity contribution in [3.05, 3.63) is 60.2 Å². The first-order chi connectivity index (χ1) is 11.8. The van der Waals surface area contributed by atoms with Crippen LogP contribution in [-0.2, 0) is 10.1 Å². The lowest BCUT2D eigenvalue weighted by molar-refractivity contribution is 0.102. The fourth-order valence-corrected chi connectivity index (χ4v) is 3.23. The molecular weight excluding hydrogens is 344 g/mol.